The molecular weight excluding hydrogens is 216 g/mol. The molecule has 0 fully saturated rings. The highest BCUT2D eigenvalue weighted by Crippen LogP contribution is 2.11. The van der Waals surface area contributed by atoms with Gasteiger partial charge in [-0.1, -0.05) is 20.8 Å². The molecule has 0 N–H and O–H groups in total. The monoisotopic (exact) mass is 238 g/mol. The lowest BCUT2D eigenvalue weighted by atomic mass is 9.99. The zero-order valence-electron chi connectivity index (χ0n) is 11.1. The Kier molecular flexibility index (Phi) is 4.73. The van der Waals surface area contributed by atoms with Crippen LogP contribution in [0.2, 0.25) is 0 Å². The molecule has 0 aromatic carbocycles. The topological polar surface area (TPSA) is 44.0 Å². The van der Waals surface area contributed by atoms with Gasteiger partial charge in [0.25, 0.3) is 5.56 Å². The maximum Gasteiger partial charge on any atom is 0.330 e. The molecular formula is C13H22N2O2. The highest BCUT2D eigenvalue weighted by atomic mass is 16.2. The minimum atomic E-state index is -0.199. The van der Waals surface area contributed by atoms with E-state index in [1.807, 2.05) is 6.92 Å². The van der Waals surface area contributed by atoms with Crippen LogP contribution >= 0.6 is 0 Å². The summed E-state index contributed by atoms with van der Waals surface area (Å²) in [5.41, 5.74) is -0.397. The number of aromatic nitrogens is 2. The molecule has 0 aliphatic carbocycles. The number of aryl methyl sites for hydroxylation is 1. The van der Waals surface area contributed by atoms with Crippen molar-refractivity contribution in [2.45, 2.75) is 47.2 Å². The zero-order valence-corrected chi connectivity index (χ0v) is 11.1. The van der Waals surface area contributed by atoms with E-state index in [1.54, 1.807) is 10.8 Å². The van der Waals surface area contributed by atoms with E-state index in [0.29, 0.717) is 24.9 Å². The summed E-state index contributed by atoms with van der Waals surface area (Å²) in [6, 6.07) is 1.47. The van der Waals surface area contributed by atoms with E-state index in [1.165, 1.54) is 10.6 Å². The highest BCUT2D eigenvalue weighted by Gasteiger charge is 2.10. The Hall–Kier alpha value is -1.32. The average molecular weight is 238 g/mol. The molecule has 0 radical (unpaired) electrons. The van der Waals surface area contributed by atoms with Crippen molar-refractivity contribution in [3.8, 4) is 0 Å². The molecule has 4 nitrogen and oxygen atoms in total. The number of hydrogen-bond donors (Lipinski definition) is 0. The molecule has 0 bridgehead atoms. The van der Waals surface area contributed by atoms with Crippen molar-refractivity contribution >= 4 is 0 Å². The Morgan fingerprint density at radius 2 is 1.88 bits per heavy atom. The van der Waals surface area contributed by atoms with Gasteiger partial charge in [-0.25, -0.2) is 4.79 Å². The van der Waals surface area contributed by atoms with Crippen LogP contribution in [0.4, 0.5) is 0 Å². The lowest BCUT2D eigenvalue weighted by Gasteiger charge is -2.15. The molecule has 96 valence electrons. The van der Waals surface area contributed by atoms with Crippen LogP contribution in [0.3, 0.4) is 0 Å². The van der Waals surface area contributed by atoms with Gasteiger partial charge in [0.05, 0.1) is 0 Å². The standard InChI is InChI=1S/C13H22N2O2/c1-5-14-7-6-12(16)15(13(14)17)9-11(4)8-10(2)3/h6-7,10-11H,5,8-9H2,1-4H3. The molecule has 17 heavy (non-hydrogen) atoms. The van der Waals surface area contributed by atoms with Gasteiger partial charge in [-0.3, -0.25) is 9.36 Å². The van der Waals surface area contributed by atoms with Gasteiger partial charge in [0.2, 0.25) is 0 Å². The molecule has 1 unspecified atom stereocenters. The fraction of sp³-hybridized carbons (Fsp3) is 0.692. The predicted octanol–water partition coefficient (Wildman–Crippen LogP) is 1.71. The maximum absolute atomic E-state index is 12.0. The summed E-state index contributed by atoms with van der Waals surface area (Å²) in [4.78, 5) is 23.6. The summed E-state index contributed by atoms with van der Waals surface area (Å²) in [6.07, 6.45) is 2.58. The van der Waals surface area contributed by atoms with E-state index in [0.717, 1.165) is 6.42 Å². The molecule has 1 rings (SSSR count). The van der Waals surface area contributed by atoms with E-state index < -0.39 is 0 Å². The quantitative estimate of drug-likeness (QED) is 0.784. The summed E-state index contributed by atoms with van der Waals surface area (Å²) in [5, 5.41) is 0. The van der Waals surface area contributed by atoms with Crippen LogP contribution in [0.5, 0.6) is 0 Å². The SMILES string of the molecule is CCn1ccc(=O)n(CC(C)CC(C)C)c1=O. The Morgan fingerprint density at radius 3 is 2.41 bits per heavy atom. The van der Waals surface area contributed by atoms with Crippen LogP contribution < -0.4 is 11.2 Å². The Labute approximate surface area is 102 Å². The van der Waals surface area contributed by atoms with Crippen LogP contribution in [-0.2, 0) is 13.1 Å². The van der Waals surface area contributed by atoms with Gasteiger partial charge in [0.1, 0.15) is 0 Å². The Bertz CT molecular complexity index is 471. The van der Waals surface area contributed by atoms with E-state index in [4.69, 9.17) is 0 Å². The van der Waals surface area contributed by atoms with E-state index in [-0.39, 0.29) is 11.2 Å². The van der Waals surface area contributed by atoms with Crippen LogP contribution in [-0.4, -0.2) is 9.13 Å². The van der Waals surface area contributed by atoms with Gasteiger partial charge in [0.15, 0.2) is 0 Å². The van der Waals surface area contributed by atoms with Crippen LogP contribution in [0.25, 0.3) is 0 Å². The molecule has 0 spiro atoms. The van der Waals surface area contributed by atoms with E-state index >= 15 is 0 Å². The summed E-state index contributed by atoms with van der Waals surface area (Å²) in [7, 11) is 0. The second kappa shape index (κ2) is 5.84. The summed E-state index contributed by atoms with van der Waals surface area (Å²) in [6.45, 7) is 9.38. The van der Waals surface area contributed by atoms with Gasteiger partial charge in [-0.2, -0.15) is 0 Å². The molecule has 1 aromatic heterocycles. The van der Waals surface area contributed by atoms with Gasteiger partial charge >= 0.3 is 5.69 Å². The first kappa shape index (κ1) is 13.7. The summed E-state index contributed by atoms with van der Waals surface area (Å²) in [5.74, 6) is 0.922. The first-order valence-corrected chi connectivity index (χ1v) is 6.26. The van der Waals surface area contributed by atoms with Crippen molar-refractivity contribution < 1.29 is 0 Å². The van der Waals surface area contributed by atoms with Gasteiger partial charge in [-0.05, 0) is 25.2 Å². The molecule has 0 saturated heterocycles. The Balaban J connectivity index is 2.98. The van der Waals surface area contributed by atoms with Crippen molar-refractivity contribution in [1.29, 1.82) is 0 Å². The maximum atomic E-state index is 12.0. The number of hydrogen-bond acceptors (Lipinski definition) is 2. The lowest BCUT2D eigenvalue weighted by Crippen LogP contribution is -2.40. The first-order chi connectivity index (χ1) is 7.95. The third-order valence-electron chi connectivity index (χ3n) is 2.85. The number of nitrogens with zero attached hydrogens (tertiary/aromatic N) is 2. The van der Waals surface area contributed by atoms with Crippen molar-refractivity contribution in [1.82, 2.24) is 9.13 Å². The van der Waals surface area contributed by atoms with Crippen LogP contribution in [0, 0.1) is 11.8 Å². The van der Waals surface area contributed by atoms with Gasteiger partial charge in [0, 0.05) is 25.4 Å². The minimum absolute atomic E-state index is 0.199. The fourth-order valence-corrected chi connectivity index (χ4v) is 2.16. The molecule has 0 aliphatic rings. The zero-order chi connectivity index (χ0) is 13.0. The normalized spacial score (nSPS) is 13.0. The van der Waals surface area contributed by atoms with Crippen molar-refractivity contribution in [2.75, 3.05) is 0 Å². The minimum Gasteiger partial charge on any atom is -0.301 e. The highest BCUT2D eigenvalue weighted by molar-refractivity contribution is 4.86. The average Bonchev–Trinajstić information content (AvgIpc) is 2.23. The predicted molar refractivity (Wildman–Crippen MR) is 69.3 cm³/mol. The molecule has 1 heterocycles. The number of rotatable bonds is 5. The molecule has 1 aromatic rings. The third kappa shape index (κ3) is 3.58. The largest absolute Gasteiger partial charge is 0.330 e. The molecule has 1 atom stereocenters. The first-order valence-electron chi connectivity index (χ1n) is 6.26. The molecule has 4 heteroatoms. The van der Waals surface area contributed by atoms with Crippen molar-refractivity contribution in [3.63, 3.8) is 0 Å². The summed E-state index contributed by atoms with van der Waals surface area (Å²) < 4.78 is 2.90. The van der Waals surface area contributed by atoms with Crippen LogP contribution in [0.15, 0.2) is 21.9 Å². The fourth-order valence-electron chi connectivity index (χ4n) is 2.16. The third-order valence-corrected chi connectivity index (χ3v) is 2.85. The van der Waals surface area contributed by atoms with Crippen molar-refractivity contribution in [2.24, 2.45) is 11.8 Å². The van der Waals surface area contributed by atoms with E-state index in [9.17, 15) is 9.59 Å². The molecule has 0 aliphatic heterocycles. The second-order valence-corrected chi connectivity index (χ2v) is 5.07. The molecule has 0 saturated carbocycles. The van der Waals surface area contributed by atoms with Gasteiger partial charge < -0.3 is 4.57 Å². The van der Waals surface area contributed by atoms with Crippen LogP contribution in [0.1, 0.15) is 34.1 Å². The van der Waals surface area contributed by atoms with Gasteiger partial charge in [-0.15, -0.1) is 0 Å². The smallest absolute Gasteiger partial charge is 0.301 e. The lowest BCUT2D eigenvalue weighted by molar-refractivity contribution is 0.372. The van der Waals surface area contributed by atoms with E-state index in [2.05, 4.69) is 20.8 Å². The Morgan fingerprint density at radius 1 is 1.24 bits per heavy atom. The second-order valence-electron chi connectivity index (χ2n) is 5.07. The molecule has 0 amide bonds. The van der Waals surface area contributed by atoms with Crippen molar-refractivity contribution in [3.05, 3.63) is 33.1 Å². The summed E-state index contributed by atoms with van der Waals surface area (Å²) >= 11 is 0.